The van der Waals surface area contributed by atoms with E-state index in [9.17, 15) is 8.42 Å². The third-order valence-electron chi connectivity index (χ3n) is 3.47. The summed E-state index contributed by atoms with van der Waals surface area (Å²) in [7, 11) is -3.14. The number of hydrogen-bond acceptors (Lipinski definition) is 4. The number of fused-ring (bicyclic) bond motifs is 2. The van der Waals surface area contributed by atoms with Crippen LogP contribution in [0, 0.1) is 0 Å². The molecule has 3 nitrogen and oxygen atoms in total. The first-order valence-electron chi connectivity index (χ1n) is 5.96. The summed E-state index contributed by atoms with van der Waals surface area (Å²) in [5.74, 6) is 0.494. The van der Waals surface area contributed by atoms with Gasteiger partial charge in [-0.1, -0.05) is 13.8 Å². The predicted molar refractivity (Wildman–Crippen MR) is 67.3 cm³/mol. The van der Waals surface area contributed by atoms with E-state index in [1.54, 1.807) is 11.3 Å². The Balaban J connectivity index is 2.20. The lowest BCUT2D eigenvalue weighted by molar-refractivity contribution is 0.0441. The van der Waals surface area contributed by atoms with Crippen LogP contribution >= 0.6 is 11.3 Å². The molecule has 0 bridgehead atoms. The van der Waals surface area contributed by atoms with Crippen LogP contribution in [-0.2, 0) is 20.2 Å². The van der Waals surface area contributed by atoms with Crippen LogP contribution in [0.1, 0.15) is 42.4 Å². The Hall–Kier alpha value is -0.390. The van der Waals surface area contributed by atoms with E-state index < -0.39 is 9.84 Å². The van der Waals surface area contributed by atoms with E-state index in [0.29, 0.717) is 17.4 Å². The van der Waals surface area contributed by atoms with Crippen molar-refractivity contribution in [2.24, 2.45) is 0 Å². The van der Waals surface area contributed by atoms with Crippen LogP contribution in [0.3, 0.4) is 0 Å². The van der Waals surface area contributed by atoms with Gasteiger partial charge in [-0.25, -0.2) is 8.42 Å². The third kappa shape index (κ3) is 1.75. The van der Waals surface area contributed by atoms with Crippen LogP contribution in [0.25, 0.3) is 0 Å². The maximum absolute atomic E-state index is 12.2. The lowest BCUT2D eigenvalue weighted by Gasteiger charge is -2.11. The summed E-state index contributed by atoms with van der Waals surface area (Å²) in [4.78, 5) is 2.65. The second-order valence-electron chi connectivity index (χ2n) is 5.16. The molecule has 5 heteroatoms. The van der Waals surface area contributed by atoms with Crippen molar-refractivity contribution in [1.82, 2.24) is 0 Å². The van der Waals surface area contributed by atoms with Gasteiger partial charge in [0, 0.05) is 4.88 Å². The number of hydrogen-bond donors (Lipinski definition) is 0. The molecule has 0 aromatic carbocycles. The molecule has 1 aromatic heterocycles. The van der Waals surface area contributed by atoms with E-state index in [4.69, 9.17) is 4.74 Å². The molecule has 0 N–H and O–H groups in total. The smallest absolute Gasteiger partial charge is 0.181 e. The van der Waals surface area contributed by atoms with Crippen molar-refractivity contribution in [3.8, 4) is 0 Å². The molecule has 1 aliphatic heterocycles. The summed E-state index contributed by atoms with van der Waals surface area (Å²) < 4.78 is 30.1. The summed E-state index contributed by atoms with van der Waals surface area (Å²) in [5.41, 5.74) is -0.253. The van der Waals surface area contributed by atoms with Crippen molar-refractivity contribution in [2.45, 2.75) is 43.1 Å². The molecule has 0 radical (unpaired) electrons. The largest absolute Gasteiger partial charge is 0.368 e. The Morgan fingerprint density at radius 3 is 2.71 bits per heavy atom. The van der Waals surface area contributed by atoms with Gasteiger partial charge in [0.1, 0.15) is 5.60 Å². The maximum atomic E-state index is 12.2. The zero-order valence-electron chi connectivity index (χ0n) is 10.0. The SMILES string of the molecule is CC(C)c1cc2c(s1)C1(CC1)OCCS2(=O)=O. The molecule has 1 fully saturated rings. The first-order valence-corrected chi connectivity index (χ1v) is 8.42. The molecule has 0 atom stereocenters. The van der Waals surface area contributed by atoms with Crippen LogP contribution in [0.5, 0.6) is 0 Å². The average molecular weight is 272 g/mol. The van der Waals surface area contributed by atoms with Crippen molar-refractivity contribution in [3.63, 3.8) is 0 Å². The highest BCUT2D eigenvalue weighted by Gasteiger charge is 2.51. The first kappa shape index (κ1) is 11.7. The Kier molecular flexibility index (Phi) is 2.44. The van der Waals surface area contributed by atoms with Crippen LogP contribution in [0.2, 0.25) is 0 Å². The Labute approximate surface area is 106 Å². The lowest BCUT2D eigenvalue weighted by Crippen LogP contribution is -2.11. The van der Waals surface area contributed by atoms with Crippen molar-refractivity contribution in [1.29, 1.82) is 0 Å². The van der Waals surface area contributed by atoms with E-state index in [0.717, 1.165) is 22.6 Å². The van der Waals surface area contributed by atoms with Crippen LogP contribution in [0.4, 0.5) is 0 Å². The molecular formula is C12H16O3S2. The Morgan fingerprint density at radius 2 is 2.12 bits per heavy atom. The summed E-state index contributed by atoms with van der Waals surface area (Å²) in [6.45, 7) is 4.52. The van der Waals surface area contributed by atoms with Gasteiger partial charge in [-0.2, -0.15) is 0 Å². The normalized spacial score (nSPS) is 24.6. The topological polar surface area (TPSA) is 43.4 Å². The molecule has 1 spiro atoms. The average Bonchev–Trinajstić information content (AvgIpc) is 2.89. The summed E-state index contributed by atoms with van der Waals surface area (Å²) in [6, 6.07) is 1.87. The van der Waals surface area contributed by atoms with Crippen LogP contribution < -0.4 is 0 Å². The molecule has 0 unspecified atom stereocenters. The van der Waals surface area contributed by atoms with Gasteiger partial charge in [-0.3, -0.25) is 0 Å². The molecule has 1 saturated carbocycles. The maximum Gasteiger partial charge on any atom is 0.181 e. The Morgan fingerprint density at radius 1 is 1.41 bits per heavy atom. The van der Waals surface area contributed by atoms with E-state index in [1.807, 2.05) is 6.07 Å². The lowest BCUT2D eigenvalue weighted by atomic mass is 10.2. The monoisotopic (exact) mass is 272 g/mol. The fourth-order valence-corrected chi connectivity index (χ4v) is 5.37. The van der Waals surface area contributed by atoms with Gasteiger partial charge in [0.05, 0.1) is 22.1 Å². The van der Waals surface area contributed by atoms with E-state index in [-0.39, 0.29) is 11.4 Å². The minimum atomic E-state index is -3.14. The van der Waals surface area contributed by atoms with Gasteiger partial charge in [0.15, 0.2) is 9.84 Å². The molecule has 94 valence electrons. The second-order valence-corrected chi connectivity index (χ2v) is 8.32. The molecule has 17 heavy (non-hydrogen) atoms. The number of sulfone groups is 1. The van der Waals surface area contributed by atoms with Gasteiger partial charge < -0.3 is 4.74 Å². The fraction of sp³-hybridized carbons (Fsp3) is 0.667. The Bertz CT molecular complexity index is 550. The highest BCUT2D eigenvalue weighted by atomic mass is 32.2. The second kappa shape index (κ2) is 3.56. The molecule has 0 amide bonds. The minimum absolute atomic E-state index is 0.121. The third-order valence-corrected chi connectivity index (χ3v) is 6.92. The number of rotatable bonds is 1. The summed E-state index contributed by atoms with van der Waals surface area (Å²) in [6.07, 6.45) is 1.93. The van der Waals surface area contributed by atoms with E-state index in [2.05, 4.69) is 13.8 Å². The highest BCUT2D eigenvalue weighted by molar-refractivity contribution is 7.91. The standard InChI is InChI=1S/C12H16O3S2/c1-8(2)9-7-10-11(16-9)12(3-4-12)15-5-6-17(10,13)14/h7-8H,3-6H2,1-2H3. The molecule has 1 aliphatic carbocycles. The first-order chi connectivity index (χ1) is 7.95. The van der Waals surface area contributed by atoms with E-state index >= 15 is 0 Å². The van der Waals surface area contributed by atoms with Gasteiger partial charge >= 0.3 is 0 Å². The van der Waals surface area contributed by atoms with Gasteiger partial charge in [-0.05, 0) is 24.8 Å². The summed E-state index contributed by atoms with van der Waals surface area (Å²) >= 11 is 1.62. The number of thiophene rings is 1. The van der Waals surface area contributed by atoms with Crippen molar-refractivity contribution in [2.75, 3.05) is 12.4 Å². The van der Waals surface area contributed by atoms with Gasteiger partial charge in [0.25, 0.3) is 0 Å². The minimum Gasteiger partial charge on any atom is -0.368 e. The molecule has 3 rings (SSSR count). The molecular weight excluding hydrogens is 256 g/mol. The van der Waals surface area contributed by atoms with Gasteiger partial charge in [-0.15, -0.1) is 11.3 Å². The molecule has 2 aliphatic rings. The van der Waals surface area contributed by atoms with E-state index in [1.165, 1.54) is 0 Å². The molecule has 0 saturated heterocycles. The zero-order valence-corrected chi connectivity index (χ0v) is 11.7. The highest BCUT2D eigenvalue weighted by Crippen LogP contribution is 2.55. The van der Waals surface area contributed by atoms with Gasteiger partial charge in [0.2, 0.25) is 0 Å². The molecule has 2 heterocycles. The fourth-order valence-electron chi connectivity index (χ4n) is 2.23. The summed E-state index contributed by atoms with van der Waals surface area (Å²) in [5, 5.41) is 0. The molecule has 1 aromatic rings. The predicted octanol–water partition coefficient (Wildman–Crippen LogP) is 2.66. The van der Waals surface area contributed by atoms with Crippen molar-refractivity contribution < 1.29 is 13.2 Å². The van der Waals surface area contributed by atoms with Crippen LogP contribution in [0.15, 0.2) is 11.0 Å². The number of ether oxygens (including phenoxy) is 1. The van der Waals surface area contributed by atoms with Crippen LogP contribution in [-0.4, -0.2) is 20.8 Å². The van der Waals surface area contributed by atoms with Crippen molar-refractivity contribution in [3.05, 3.63) is 15.8 Å². The quantitative estimate of drug-likeness (QED) is 0.789. The zero-order chi connectivity index (χ0) is 12.3. The van der Waals surface area contributed by atoms with Crippen molar-refractivity contribution >= 4 is 21.2 Å².